The van der Waals surface area contributed by atoms with E-state index in [1.807, 2.05) is 9.21 Å². The number of piperidine rings is 1. The summed E-state index contributed by atoms with van der Waals surface area (Å²) in [6, 6.07) is 6.15. The predicted molar refractivity (Wildman–Crippen MR) is 133 cm³/mol. The molecule has 1 amide bonds. The molecule has 3 aromatic rings. The lowest BCUT2D eigenvalue weighted by atomic mass is 10.0. The van der Waals surface area contributed by atoms with Crippen LogP contribution in [0.4, 0.5) is 33.3 Å². The Hall–Kier alpha value is -3.46. The smallest absolute Gasteiger partial charge is 0.415 e. The lowest BCUT2D eigenvalue weighted by Crippen LogP contribution is -2.44. The van der Waals surface area contributed by atoms with Crippen molar-refractivity contribution in [2.45, 2.75) is 38.0 Å². The minimum absolute atomic E-state index is 0.0428. The zero-order valence-electron chi connectivity index (χ0n) is 20.9. The fourth-order valence-corrected chi connectivity index (χ4v) is 5.07. The van der Waals surface area contributed by atoms with Crippen LogP contribution in [0.25, 0.3) is 11.5 Å². The normalized spacial score (nSPS) is 15.9. The van der Waals surface area contributed by atoms with Crippen LogP contribution in [0.3, 0.4) is 0 Å². The minimum Gasteiger partial charge on any atom is -0.415 e. The Labute approximate surface area is 223 Å². The Balaban J connectivity index is 1.60. The largest absolute Gasteiger partial charge is 0.416 e. The number of hydrogen-bond acceptors (Lipinski definition) is 7. The standard InChI is InChI=1S/C24H25F5N6O3S/c1-33(18-7-9-35(10-8-18)39(2)37)19-6-4-16(24(27,28)29)11-20(19)34(14-36)13-17-5-3-15(12-30-17)22-31-32-23(38-22)21(25)26/h3-6,11-12,14,18,21H,7-10,13H2,1-2H3. The number of pyridine rings is 1. The molecule has 0 radical (unpaired) electrons. The van der Waals surface area contributed by atoms with E-state index in [4.69, 9.17) is 4.42 Å². The monoisotopic (exact) mass is 572 g/mol. The molecule has 0 bridgehead atoms. The van der Waals surface area contributed by atoms with Gasteiger partial charge in [0.05, 0.1) is 45.7 Å². The van der Waals surface area contributed by atoms with Crippen LogP contribution in [0.15, 0.2) is 40.9 Å². The Morgan fingerprint density at radius 1 is 1.15 bits per heavy atom. The van der Waals surface area contributed by atoms with E-state index in [9.17, 15) is 31.0 Å². The predicted octanol–water partition coefficient (Wildman–Crippen LogP) is 4.45. The molecule has 1 unspecified atom stereocenters. The molecule has 1 aliphatic heterocycles. The quantitative estimate of drug-likeness (QED) is 0.276. The van der Waals surface area contributed by atoms with E-state index < -0.39 is 35.0 Å². The minimum atomic E-state index is -4.63. The molecule has 0 N–H and O–H groups in total. The van der Waals surface area contributed by atoms with Crippen molar-refractivity contribution in [3.8, 4) is 11.5 Å². The van der Waals surface area contributed by atoms with Crippen LogP contribution in [0.5, 0.6) is 0 Å². The summed E-state index contributed by atoms with van der Waals surface area (Å²) in [6.45, 7) is 0.979. The van der Waals surface area contributed by atoms with Crippen LogP contribution < -0.4 is 9.80 Å². The number of amides is 1. The molecule has 1 saturated heterocycles. The molecular formula is C24H25F5N6O3S. The summed E-state index contributed by atoms with van der Waals surface area (Å²) in [4.78, 5) is 19.3. The van der Waals surface area contributed by atoms with Gasteiger partial charge < -0.3 is 14.2 Å². The summed E-state index contributed by atoms with van der Waals surface area (Å²) in [5.41, 5.74) is 0.146. The molecule has 1 fully saturated rings. The van der Waals surface area contributed by atoms with Gasteiger partial charge in [0.2, 0.25) is 12.3 Å². The van der Waals surface area contributed by atoms with E-state index >= 15 is 0 Å². The number of rotatable bonds is 9. The van der Waals surface area contributed by atoms with E-state index in [0.29, 0.717) is 43.7 Å². The first-order valence-corrected chi connectivity index (χ1v) is 13.3. The number of nitrogens with zero attached hydrogens (tertiary/aromatic N) is 6. The summed E-state index contributed by atoms with van der Waals surface area (Å²) in [5, 5.41) is 6.81. The van der Waals surface area contributed by atoms with Gasteiger partial charge >= 0.3 is 12.6 Å². The zero-order valence-corrected chi connectivity index (χ0v) is 21.8. The van der Waals surface area contributed by atoms with Crippen LogP contribution in [0, 0.1) is 0 Å². The van der Waals surface area contributed by atoms with Crippen molar-refractivity contribution >= 4 is 28.8 Å². The van der Waals surface area contributed by atoms with Gasteiger partial charge in [-0.3, -0.25) is 9.78 Å². The van der Waals surface area contributed by atoms with Gasteiger partial charge in [-0.15, -0.1) is 10.2 Å². The van der Waals surface area contributed by atoms with E-state index in [-0.39, 0.29) is 29.7 Å². The van der Waals surface area contributed by atoms with Crippen molar-refractivity contribution in [2.24, 2.45) is 0 Å². The first kappa shape index (κ1) is 28.5. The van der Waals surface area contributed by atoms with Crippen LogP contribution in [0.2, 0.25) is 0 Å². The maximum atomic E-state index is 13.6. The molecule has 15 heteroatoms. The van der Waals surface area contributed by atoms with Gasteiger partial charge in [-0.2, -0.15) is 22.0 Å². The molecule has 4 rings (SSSR count). The second-order valence-corrected chi connectivity index (χ2v) is 10.3. The molecule has 39 heavy (non-hydrogen) atoms. The highest BCUT2D eigenvalue weighted by Gasteiger charge is 2.33. The van der Waals surface area contributed by atoms with Gasteiger partial charge in [-0.25, -0.2) is 8.51 Å². The van der Waals surface area contributed by atoms with Crippen LogP contribution in [-0.4, -0.2) is 62.5 Å². The summed E-state index contributed by atoms with van der Waals surface area (Å²) in [7, 11) is 0.646. The van der Waals surface area contributed by atoms with Crippen LogP contribution >= 0.6 is 0 Å². The molecular weight excluding hydrogens is 547 g/mol. The maximum absolute atomic E-state index is 13.6. The van der Waals surface area contributed by atoms with Crippen molar-refractivity contribution < 1.29 is 35.4 Å². The molecule has 210 valence electrons. The highest BCUT2D eigenvalue weighted by atomic mass is 32.2. The van der Waals surface area contributed by atoms with Crippen molar-refractivity contribution in [1.82, 2.24) is 19.5 Å². The third-order valence-corrected chi connectivity index (χ3v) is 7.58. The Morgan fingerprint density at radius 3 is 2.41 bits per heavy atom. The van der Waals surface area contributed by atoms with Crippen molar-refractivity contribution in [2.75, 3.05) is 36.2 Å². The Kier molecular flexibility index (Phi) is 8.59. The molecule has 0 saturated carbocycles. The van der Waals surface area contributed by atoms with Crippen LogP contribution in [0.1, 0.15) is 36.4 Å². The molecule has 0 aliphatic carbocycles. The van der Waals surface area contributed by atoms with Crippen LogP contribution in [-0.2, 0) is 28.5 Å². The molecule has 3 heterocycles. The lowest BCUT2D eigenvalue weighted by molar-refractivity contribution is -0.137. The summed E-state index contributed by atoms with van der Waals surface area (Å²) in [6.07, 6.45) is -2.96. The number of benzene rings is 1. The highest BCUT2D eigenvalue weighted by molar-refractivity contribution is 7.81. The number of aromatic nitrogens is 3. The zero-order chi connectivity index (χ0) is 28.3. The van der Waals surface area contributed by atoms with E-state index in [1.54, 1.807) is 13.3 Å². The number of carbonyl (C=O) groups is 1. The van der Waals surface area contributed by atoms with Gasteiger partial charge in [0.15, 0.2) is 0 Å². The van der Waals surface area contributed by atoms with E-state index in [2.05, 4.69) is 15.2 Å². The third-order valence-electron chi connectivity index (χ3n) is 6.49. The van der Waals surface area contributed by atoms with Gasteiger partial charge in [0.25, 0.3) is 5.89 Å². The summed E-state index contributed by atoms with van der Waals surface area (Å²) >= 11 is 0. The molecule has 1 aromatic carbocycles. The Morgan fingerprint density at radius 2 is 1.87 bits per heavy atom. The SMILES string of the molecule is CN(c1ccc(C(F)(F)F)cc1N(C=O)Cc1ccc(-c2nnc(C(F)F)o2)cn1)C1CCN(S(C)=O)CC1. The van der Waals surface area contributed by atoms with E-state index in [0.717, 1.165) is 17.0 Å². The topological polar surface area (TPSA) is 95.7 Å². The van der Waals surface area contributed by atoms with Crippen molar-refractivity contribution in [3.63, 3.8) is 0 Å². The van der Waals surface area contributed by atoms with Gasteiger partial charge in [-0.05, 0) is 43.2 Å². The molecule has 9 nitrogen and oxygen atoms in total. The summed E-state index contributed by atoms with van der Waals surface area (Å²) in [5.74, 6) is -1.01. The molecule has 2 aromatic heterocycles. The third kappa shape index (κ3) is 6.58. The van der Waals surface area contributed by atoms with Gasteiger partial charge in [0.1, 0.15) is 0 Å². The number of hydrogen-bond donors (Lipinski definition) is 0. The highest BCUT2D eigenvalue weighted by Crippen LogP contribution is 2.38. The number of carbonyl (C=O) groups excluding carboxylic acids is 1. The van der Waals surface area contributed by atoms with Gasteiger partial charge in [-0.1, -0.05) is 0 Å². The fraction of sp³-hybridized carbons (Fsp3) is 0.417. The maximum Gasteiger partial charge on any atom is 0.416 e. The number of halogens is 5. The first-order valence-electron chi connectivity index (χ1n) is 11.8. The lowest BCUT2D eigenvalue weighted by Gasteiger charge is -2.38. The number of alkyl halides is 5. The van der Waals surface area contributed by atoms with Crippen molar-refractivity contribution in [3.05, 3.63) is 53.7 Å². The van der Waals surface area contributed by atoms with Crippen molar-refractivity contribution in [1.29, 1.82) is 0 Å². The fourth-order valence-electron chi connectivity index (χ4n) is 4.35. The second-order valence-electron chi connectivity index (χ2n) is 8.91. The van der Waals surface area contributed by atoms with E-state index in [1.165, 1.54) is 24.4 Å². The molecule has 1 atom stereocenters. The first-order chi connectivity index (χ1) is 18.5. The summed E-state index contributed by atoms with van der Waals surface area (Å²) < 4.78 is 84.7. The average molecular weight is 573 g/mol. The van der Waals surface area contributed by atoms with Gasteiger partial charge in [0, 0.05) is 38.6 Å². The average Bonchev–Trinajstić information content (AvgIpc) is 3.42. The Bertz CT molecular complexity index is 1310. The molecule has 0 spiro atoms. The molecule has 1 aliphatic rings. The second kappa shape index (κ2) is 11.7. The number of anilines is 2.